The Balaban J connectivity index is 1.62. The summed E-state index contributed by atoms with van der Waals surface area (Å²) < 4.78 is 32.4. The Labute approximate surface area is 147 Å². The Morgan fingerprint density at radius 2 is 2.04 bits per heavy atom. The number of anilines is 2. The summed E-state index contributed by atoms with van der Waals surface area (Å²) in [6.07, 6.45) is 2.75. The molecule has 1 fully saturated rings. The van der Waals surface area contributed by atoms with Crippen molar-refractivity contribution in [3.05, 3.63) is 6.33 Å². The Kier molecular flexibility index (Phi) is 5.31. The summed E-state index contributed by atoms with van der Waals surface area (Å²) in [5, 5.41) is 3.22. The third-order valence-electron chi connectivity index (χ3n) is 3.36. The molecule has 1 aliphatic rings. The van der Waals surface area contributed by atoms with E-state index >= 15 is 0 Å². The van der Waals surface area contributed by atoms with Crippen molar-refractivity contribution in [1.29, 1.82) is 0 Å². The fraction of sp³-hybridized carbons (Fsp3) is 0.545. The van der Waals surface area contributed by atoms with Gasteiger partial charge in [-0.15, -0.1) is 0 Å². The Morgan fingerprint density at radius 3 is 2.69 bits per heavy atom. The third kappa shape index (κ3) is 5.21. The zero-order valence-electron chi connectivity index (χ0n) is 13.4. The number of hydrogen-bond donors (Lipinski definition) is 5. The second kappa shape index (κ2) is 7.20. The third-order valence-corrected chi connectivity index (χ3v) is 5.74. The lowest BCUT2D eigenvalue weighted by Crippen LogP contribution is -2.10. The summed E-state index contributed by atoms with van der Waals surface area (Å²) in [6, 6.07) is 0.355. The second-order valence-electron chi connectivity index (χ2n) is 5.71. The van der Waals surface area contributed by atoms with E-state index in [2.05, 4.69) is 24.6 Å². The highest BCUT2D eigenvalue weighted by Gasteiger charge is 2.30. The van der Waals surface area contributed by atoms with Crippen LogP contribution in [0.15, 0.2) is 6.33 Å². The lowest BCUT2D eigenvalue weighted by Gasteiger charge is -2.13. The standard InChI is InChI=1S/C11H18N6O7P2/c12-11-15-9(14-7-1-2-7)8-10(16-11)17(5-13-8)3-4-23-6-25(18,19)24-26(20,21)22/h5,7H,1-4,6H2,(H,18,19)(H2,20,21,22)(H3,12,14,15,16). The number of phosphoric acid groups is 1. The van der Waals surface area contributed by atoms with Crippen LogP contribution in [0.25, 0.3) is 11.2 Å². The van der Waals surface area contributed by atoms with Crippen LogP contribution in [0.4, 0.5) is 11.8 Å². The summed E-state index contributed by atoms with van der Waals surface area (Å²) in [7, 11) is -9.64. The molecule has 13 nitrogen and oxygen atoms in total. The maximum atomic E-state index is 11.5. The molecule has 144 valence electrons. The number of ether oxygens (including phenoxy) is 1. The van der Waals surface area contributed by atoms with Crippen molar-refractivity contribution in [3.8, 4) is 0 Å². The van der Waals surface area contributed by atoms with Crippen LogP contribution in [0.1, 0.15) is 12.8 Å². The molecule has 0 saturated heterocycles. The molecule has 0 aliphatic heterocycles. The van der Waals surface area contributed by atoms with Gasteiger partial charge in [0.2, 0.25) is 5.95 Å². The number of aromatic nitrogens is 4. The van der Waals surface area contributed by atoms with Crippen molar-refractivity contribution in [2.45, 2.75) is 25.4 Å². The quantitative estimate of drug-likeness (QED) is 0.281. The summed E-state index contributed by atoms with van der Waals surface area (Å²) in [5.74, 6) is 0.628. The van der Waals surface area contributed by atoms with Crippen LogP contribution in [0, 0.1) is 0 Å². The molecule has 0 amide bonds. The van der Waals surface area contributed by atoms with Crippen LogP contribution in [-0.4, -0.2) is 53.2 Å². The molecule has 6 N–H and O–H groups in total. The number of hydrogen-bond acceptors (Lipinski definition) is 9. The molecule has 15 heteroatoms. The molecular weight excluding hydrogens is 390 g/mol. The molecule has 26 heavy (non-hydrogen) atoms. The molecule has 3 rings (SSSR count). The minimum atomic E-state index is -5.08. The first-order chi connectivity index (χ1) is 12.1. The lowest BCUT2D eigenvalue weighted by atomic mass is 10.4. The van der Waals surface area contributed by atoms with Gasteiger partial charge in [0.25, 0.3) is 0 Å². The predicted octanol–water partition coefficient (Wildman–Crippen LogP) is 0.252. The van der Waals surface area contributed by atoms with Gasteiger partial charge in [0.1, 0.15) is 6.35 Å². The predicted molar refractivity (Wildman–Crippen MR) is 90.2 cm³/mol. The molecule has 2 aromatic rings. The molecule has 0 spiro atoms. The van der Waals surface area contributed by atoms with E-state index in [0.29, 0.717) is 23.0 Å². The van der Waals surface area contributed by atoms with Crippen molar-refractivity contribution in [2.24, 2.45) is 0 Å². The van der Waals surface area contributed by atoms with Gasteiger partial charge in [-0.05, 0) is 12.8 Å². The zero-order valence-corrected chi connectivity index (χ0v) is 15.2. The molecule has 1 unspecified atom stereocenters. The molecule has 2 aromatic heterocycles. The van der Waals surface area contributed by atoms with Crippen LogP contribution in [-0.2, 0) is 24.7 Å². The van der Waals surface area contributed by atoms with Crippen LogP contribution < -0.4 is 11.1 Å². The molecule has 1 aliphatic carbocycles. The van der Waals surface area contributed by atoms with Gasteiger partial charge >= 0.3 is 15.4 Å². The van der Waals surface area contributed by atoms with Gasteiger partial charge in [0, 0.05) is 12.6 Å². The van der Waals surface area contributed by atoms with Gasteiger partial charge in [-0.25, -0.2) is 13.9 Å². The number of imidazole rings is 1. The highest BCUT2D eigenvalue weighted by atomic mass is 31.3. The van der Waals surface area contributed by atoms with E-state index in [1.165, 1.54) is 6.33 Å². The van der Waals surface area contributed by atoms with E-state index in [-0.39, 0.29) is 19.1 Å². The minimum Gasteiger partial charge on any atom is -0.368 e. The van der Waals surface area contributed by atoms with E-state index in [0.717, 1.165) is 12.8 Å². The maximum Gasteiger partial charge on any atom is 0.476 e. The number of nitrogens with one attached hydrogen (secondary N) is 1. The van der Waals surface area contributed by atoms with Crippen molar-refractivity contribution in [2.75, 3.05) is 24.0 Å². The number of fused-ring (bicyclic) bond motifs is 1. The summed E-state index contributed by atoms with van der Waals surface area (Å²) in [4.78, 5) is 38.9. The van der Waals surface area contributed by atoms with Crippen molar-refractivity contribution < 1.29 is 32.9 Å². The number of nitrogens with two attached hydrogens (primary N) is 1. The lowest BCUT2D eigenvalue weighted by molar-refractivity contribution is 0.146. The van der Waals surface area contributed by atoms with E-state index < -0.39 is 21.8 Å². The fourth-order valence-electron chi connectivity index (χ4n) is 2.18. The Hall–Kier alpha value is -1.59. The van der Waals surface area contributed by atoms with Gasteiger partial charge in [-0.3, -0.25) is 4.57 Å². The number of nitrogen functional groups attached to an aromatic ring is 1. The SMILES string of the molecule is Nc1nc(NC2CC2)c2ncn(CCOCP(=O)(O)OP(=O)(O)O)c2n1. The molecule has 0 bridgehead atoms. The van der Waals surface area contributed by atoms with Crippen LogP contribution in [0.5, 0.6) is 0 Å². The maximum absolute atomic E-state index is 11.5. The fourth-order valence-corrected chi connectivity index (χ4v) is 4.06. The molecule has 1 atom stereocenters. The van der Waals surface area contributed by atoms with Crippen molar-refractivity contribution in [3.63, 3.8) is 0 Å². The van der Waals surface area contributed by atoms with E-state index in [9.17, 15) is 14.0 Å². The molecule has 0 aromatic carbocycles. The summed E-state index contributed by atoms with van der Waals surface area (Å²) >= 11 is 0. The van der Waals surface area contributed by atoms with Gasteiger partial charge in [-0.1, -0.05) is 0 Å². The Bertz CT molecular complexity index is 895. The van der Waals surface area contributed by atoms with E-state index in [1.807, 2.05) is 0 Å². The number of nitrogens with zero attached hydrogens (tertiary/aromatic N) is 4. The van der Waals surface area contributed by atoms with Crippen LogP contribution >= 0.6 is 15.4 Å². The smallest absolute Gasteiger partial charge is 0.368 e. The zero-order chi connectivity index (χ0) is 18.9. The summed E-state index contributed by atoms with van der Waals surface area (Å²) in [6.45, 7) is 0.168. The number of rotatable bonds is 9. The average molecular weight is 408 g/mol. The molecule has 1 saturated carbocycles. The van der Waals surface area contributed by atoms with Crippen LogP contribution in [0.2, 0.25) is 0 Å². The normalized spacial score (nSPS) is 17.3. The largest absolute Gasteiger partial charge is 0.476 e. The monoisotopic (exact) mass is 408 g/mol. The molecule has 0 radical (unpaired) electrons. The topological polar surface area (TPSA) is 195 Å². The van der Waals surface area contributed by atoms with Gasteiger partial charge in [-0.2, -0.15) is 9.97 Å². The summed E-state index contributed by atoms with van der Waals surface area (Å²) in [5.41, 5.74) is 6.74. The molecule has 2 heterocycles. The van der Waals surface area contributed by atoms with Gasteiger partial charge in [0.05, 0.1) is 12.9 Å². The van der Waals surface area contributed by atoms with Crippen molar-refractivity contribution >= 4 is 38.3 Å². The van der Waals surface area contributed by atoms with Gasteiger partial charge < -0.3 is 35.0 Å². The van der Waals surface area contributed by atoms with Crippen molar-refractivity contribution in [1.82, 2.24) is 19.5 Å². The average Bonchev–Trinajstić information content (AvgIpc) is 3.20. The second-order valence-corrected chi connectivity index (χ2v) is 8.87. The van der Waals surface area contributed by atoms with E-state index in [4.69, 9.17) is 20.3 Å². The van der Waals surface area contributed by atoms with E-state index in [1.54, 1.807) is 4.57 Å². The first kappa shape index (κ1) is 19.2. The van der Waals surface area contributed by atoms with Crippen LogP contribution in [0.3, 0.4) is 0 Å². The minimum absolute atomic E-state index is 0.0458. The Morgan fingerprint density at radius 1 is 1.31 bits per heavy atom. The van der Waals surface area contributed by atoms with Gasteiger partial charge in [0.15, 0.2) is 17.0 Å². The first-order valence-corrected chi connectivity index (χ1v) is 10.8. The highest BCUT2D eigenvalue weighted by Crippen LogP contribution is 2.56. The first-order valence-electron chi connectivity index (χ1n) is 7.54. The molecular formula is C11H18N6O7P2. The highest BCUT2D eigenvalue weighted by molar-refractivity contribution is 7.63.